The Morgan fingerprint density at radius 2 is 1.68 bits per heavy atom. The molecule has 3 aliphatic rings. The summed E-state index contributed by atoms with van der Waals surface area (Å²) in [4.78, 5) is 28.7. The van der Waals surface area contributed by atoms with E-state index < -0.39 is 118 Å². The summed E-state index contributed by atoms with van der Waals surface area (Å²) in [6.45, 7) is 17.2. The van der Waals surface area contributed by atoms with E-state index in [4.69, 9.17) is 28.4 Å². The van der Waals surface area contributed by atoms with Gasteiger partial charge in [-0.2, -0.15) is 0 Å². The zero-order valence-electron chi connectivity index (χ0n) is 45.4. The lowest BCUT2D eigenvalue weighted by Gasteiger charge is -2.48. The Labute approximate surface area is 435 Å². The monoisotopic (exact) mass is 1070 g/mol. The van der Waals surface area contributed by atoms with Gasteiger partial charge < -0.3 is 58.6 Å². The molecule has 422 valence electrons. The second kappa shape index (κ2) is 25.4. The first-order valence-corrected chi connectivity index (χ1v) is 27.3. The number of hydrogen-bond donors (Lipinski definition) is 5. The molecule has 0 spiro atoms. The maximum Gasteiger partial charge on any atom is 0.311 e. The second-order valence-electron chi connectivity index (χ2n) is 21.9. The highest BCUT2D eigenvalue weighted by atomic mass is 32.2. The average Bonchev–Trinajstić information content (AvgIpc) is 3.82. The van der Waals surface area contributed by atoms with Crippen molar-refractivity contribution >= 4 is 21.7 Å². The Morgan fingerprint density at radius 3 is 2.28 bits per heavy atom. The molecule has 0 saturated carbocycles. The molecule has 5 N–H and O–H groups in total. The van der Waals surface area contributed by atoms with Crippen molar-refractivity contribution in [3.05, 3.63) is 46.3 Å². The molecule has 1 aromatic carbocycles. The number of nitro groups is 1. The Kier molecular flexibility index (Phi) is 21.1. The van der Waals surface area contributed by atoms with Crippen molar-refractivity contribution in [2.75, 3.05) is 47.5 Å². The number of nitro benzene ring substituents is 1. The van der Waals surface area contributed by atoms with E-state index >= 15 is 0 Å². The molecule has 18 atom stereocenters. The lowest BCUT2D eigenvalue weighted by atomic mass is 9.77. The lowest BCUT2D eigenvalue weighted by molar-refractivity contribution is -0.384. The number of non-ortho nitro benzene ring substituents is 1. The fourth-order valence-electron chi connectivity index (χ4n) is 11.0. The SMILES string of the molecule is CC[C@H]1OC(=O)[C@H](C)[C@@H](O[C@H]2C[C@@](C)(OC)[C@@H](O)[C@H](C)O2)[C@H](C)[C@@H](O[C@H]2C[C@@H](N(C)CCc3cn(C(CF)CNS(=O)(=O)c4ccc([N+](=O)[O-])cc4)nn3)C[C@@H](C)O2)[C@](C)(O)C[C@@H](C)CN(C)[C@H](C)[C@@H](O)[C@]1(C)O. The summed E-state index contributed by atoms with van der Waals surface area (Å²) in [5.74, 6) is -2.71. The highest BCUT2D eigenvalue weighted by Gasteiger charge is 2.52. The van der Waals surface area contributed by atoms with Crippen molar-refractivity contribution in [1.29, 1.82) is 0 Å². The number of benzene rings is 1. The topological polar surface area (TPSA) is 280 Å². The predicted octanol–water partition coefficient (Wildman–Crippen LogP) is 3.53. The third kappa shape index (κ3) is 14.8. The van der Waals surface area contributed by atoms with Gasteiger partial charge in [-0.15, -0.1) is 5.10 Å². The average molecular weight is 1070 g/mol. The summed E-state index contributed by atoms with van der Waals surface area (Å²) >= 11 is 0. The molecule has 0 radical (unpaired) electrons. The molecule has 0 amide bonds. The van der Waals surface area contributed by atoms with Crippen molar-refractivity contribution in [3.8, 4) is 0 Å². The fourth-order valence-corrected chi connectivity index (χ4v) is 12.0. The van der Waals surface area contributed by atoms with Crippen LogP contribution in [-0.4, -0.2) is 196 Å². The molecule has 5 rings (SSSR count). The van der Waals surface area contributed by atoms with Crippen LogP contribution in [0.25, 0.3) is 0 Å². The number of hydrogen-bond acceptors (Lipinski definition) is 19. The van der Waals surface area contributed by atoms with Crippen LogP contribution in [-0.2, 0) is 49.7 Å². The maximum absolute atomic E-state index is 14.5. The van der Waals surface area contributed by atoms with Crippen LogP contribution in [0.1, 0.15) is 113 Å². The van der Waals surface area contributed by atoms with Gasteiger partial charge in [-0.3, -0.25) is 14.9 Å². The van der Waals surface area contributed by atoms with Crippen LogP contribution >= 0.6 is 0 Å². The first kappa shape index (κ1) is 61.5. The number of esters is 1. The molecule has 22 nitrogen and oxygen atoms in total. The molecule has 24 heteroatoms. The lowest BCUT2D eigenvalue weighted by Crippen LogP contribution is -2.59. The minimum atomic E-state index is -4.12. The number of methoxy groups -OCH3 is 1. The number of rotatable bonds is 17. The molecule has 74 heavy (non-hydrogen) atoms. The standard InChI is InChI=1S/C50H84FN7O15S/c1-14-40-50(10,63)44(59)33(6)56(12)27-29(2)23-48(8,62)46(31(4)43(32(5)47(61)71-40)72-42-24-49(9,68-13)45(60)34(7)70-42)73-41-22-37(21-30(3)69-41)55(11)20-19-35-28-57(54-53-35)38(25-51)26-52-74(66,67)39-17-15-36(16-18-39)58(64)65/h15-18,28-34,37-38,40-46,52,59-60,62-63H,14,19-27H2,1-13H3/t29-,30-,31+,32-,33-,34+,37+,38?,40-,41+,42+,43+,44-,45+,46-,48-,49-,50-/m1/s1. The van der Waals surface area contributed by atoms with Crippen molar-refractivity contribution in [2.45, 2.75) is 203 Å². The largest absolute Gasteiger partial charge is 0.459 e. The number of carbonyl (C=O) groups excluding carboxylic acids is 1. The van der Waals surface area contributed by atoms with Gasteiger partial charge in [-0.1, -0.05) is 26.0 Å². The molecular formula is C50H84FN7O15S. The van der Waals surface area contributed by atoms with Crippen LogP contribution in [0.5, 0.6) is 0 Å². The number of halogens is 1. The van der Waals surface area contributed by atoms with E-state index in [1.54, 1.807) is 47.7 Å². The summed E-state index contributed by atoms with van der Waals surface area (Å²) < 4.78 is 82.2. The Bertz CT molecular complexity index is 2250. The van der Waals surface area contributed by atoms with Gasteiger partial charge in [0.25, 0.3) is 5.69 Å². The van der Waals surface area contributed by atoms with E-state index in [9.17, 15) is 48.1 Å². The Morgan fingerprint density at radius 1 is 1.01 bits per heavy atom. The number of nitrogens with one attached hydrogen (secondary N) is 1. The molecule has 1 aromatic heterocycles. The second-order valence-corrected chi connectivity index (χ2v) is 23.7. The van der Waals surface area contributed by atoms with Gasteiger partial charge >= 0.3 is 5.97 Å². The third-order valence-corrected chi connectivity index (χ3v) is 17.2. The maximum atomic E-state index is 14.5. The van der Waals surface area contributed by atoms with Gasteiger partial charge in [0.2, 0.25) is 10.0 Å². The molecule has 0 aliphatic carbocycles. The van der Waals surface area contributed by atoms with Crippen LogP contribution < -0.4 is 4.72 Å². The van der Waals surface area contributed by atoms with Crippen LogP contribution in [0.3, 0.4) is 0 Å². The first-order chi connectivity index (χ1) is 34.5. The number of aliphatic hydroxyl groups is 4. The minimum absolute atomic E-state index is 0.0933. The quantitative estimate of drug-likeness (QED) is 0.0861. The molecule has 4 heterocycles. The summed E-state index contributed by atoms with van der Waals surface area (Å²) in [7, 11) is 1.16. The zero-order chi connectivity index (χ0) is 55.2. The van der Waals surface area contributed by atoms with E-state index in [2.05, 4.69) is 19.9 Å². The minimum Gasteiger partial charge on any atom is -0.459 e. The summed E-state index contributed by atoms with van der Waals surface area (Å²) in [5, 5.41) is 66.8. The smallest absolute Gasteiger partial charge is 0.311 e. The van der Waals surface area contributed by atoms with E-state index in [0.717, 1.165) is 24.3 Å². The summed E-state index contributed by atoms with van der Waals surface area (Å²) in [6, 6.07) is 2.65. The molecular weight excluding hydrogens is 990 g/mol. The number of nitrogens with zero attached hydrogens (tertiary/aromatic N) is 6. The van der Waals surface area contributed by atoms with E-state index in [1.807, 2.05) is 39.8 Å². The number of aliphatic hydroxyl groups excluding tert-OH is 2. The first-order valence-electron chi connectivity index (χ1n) is 25.8. The fraction of sp³-hybridized carbons (Fsp3) is 0.820. The van der Waals surface area contributed by atoms with Crippen molar-refractivity contribution in [3.63, 3.8) is 0 Å². The van der Waals surface area contributed by atoms with Gasteiger partial charge in [0.1, 0.15) is 30.6 Å². The van der Waals surface area contributed by atoms with Gasteiger partial charge in [0.05, 0.1) is 63.1 Å². The molecule has 3 aliphatic heterocycles. The number of sulfonamides is 1. The number of cyclic esters (lactones) is 1. The molecule has 2 aromatic rings. The van der Waals surface area contributed by atoms with Gasteiger partial charge in [-0.05, 0) is 99.9 Å². The molecule has 3 fully saturated rings. The zero-order valence-corrected chi connectivity index (χ0v) is 46.2. The van der Waals surface area contributed by atoms with Crippen molar-refractivity contribution in [2.24, 2.45) is 17.8 Å². The molecule has 1 unspecified atom stereocenters. The van der Waals surface area contributed by atoms with Crippen LogP contribution in [0, 0.1) is 27.9 Å². The number of aromatic nitrogens is 3. The van der Waals surface area contributed by atoms with E-state index in [0.29, 0.717) is 38.0 Å². The number of alkyl halides is 1. The number of likely N-dealkylation sites (N-methyl/N-ethyl adjacent to an activating group) is 2. The number of carbonyl (C=O) groups is 1. The van der Waals surface area contributed by atoms with E-state index in [1.165, 1.54) is 18.7 Å². The van der Waals surface area contributed by atoms with Crippen LogP contribution in [0.2, 0.25) is 0 Å². The van der Waals surface area contributed by atoms with Crippen LogP contribution in [0.4, 0.5) is 10.1 Å². The summed E-state index contributed by atoms with van der Waals surface area (Å²) in [6.07, 6.45) is -4.87. The molecule has 3 saturated heterocycles. The van der Waals surface area contributed by atoms with Crippen LogP contribution in [0.15, 0.2) is 35.4 Å². The number of ether oxygens (including phenoxy) is 6. The van der Waals surface area contributed by atoms with Gasteiger partial charge in [0, 0.05) is 82.3 Å². The molecule has 0 bridgehead atoms. The predicted molar refractivity (Wildman–Crippen MR) is 269 cm³/mol. The van der Waals surface area contributed by atoms with Gasteiger partial charge in [0.15, 0.2) is 12.6 Å². The Hall–Kier alpha value is -3.37. The van der Waals surface area contributed by atoms with Crippen molar-refractivity contribution < 1.29 is 71.4 Å². The highest BCUT2D eigenvalue weighted by Crippen LogP contribution is 2.40. The highest BCUT2D eigenvalue weighted by molar-refractivity contribution is 7.89. The van der Waals surface area contributed by atoms with Gasteiger partial charge in [-0.25, -0.2) is 22.2 Å². The summed E-state index contributed by atoms with van der Waals surface area (Å²) in [5.41, 5.74) is -4.23. The third-order valence-electron chi connectivity index (χ3n) is 15.7. The van der Waals surface area contributed by atoms with E-state index in [-0.39, 0.29) is 54.5 Å². The normalized spacial score (nSPS) is 38.0. The Balaban J connectivity index is 1.38. The van der Waals surface area contributed by atoms with Crippen molar-refractivity contribution in [1.82, 2.24) is 29.5 Å².